The van der Waals surface area contributed by atoms with Crippen LogP contribution in [0.25, 0.3) is 0 Å². The van der Waals surface area contributed by atoms with Crippen LogP contribution in [0.3, 0.4) is 0 Å². The van der Waals surface area contributed by atoms with Crippen LogP contribution in [0.2, 0.25) is 0 Å². The van der Waals surface area contributed by atoms with E-state index in [-0.39, 0.29) is 12.4 Å². The van der Waals surface area contributed by atoms with Crippen molar-refractivity contribution in [2.45, 2.75) is 51.4 Å². The third-order valence-corrected chi connectivity index (χ3v) is 2.80. The van der Waals surface area contributed by atoms with Gasteiger partial charge in [0, 0.05) is 12.8 Å². The molecule has 0 amide bonds. The van der Waals surface area contributed by atoms with Crippen LogP contribution in [0.15, 0.2) is 17.6 Å². The van der Waals surface area contributed by atoms with Gasteiger partial charge in [0.25, 0.3) is 0 Å². The predicted octanol–water partition coefficient (Wildman–Crippen LogP) is 2.17. The molecule has 1 aliphatic heterocycles. The maximum Gasteiger partial charge on any atom is 0.106 e. The molecule has 0 aromatic heterocycles. The molecule has 0 aromatic carbocycles. The van der Waals surface area contributed by atoms with E-state index in [0.717, 1.165) is 19.4 Å². The van der Waals surface area contributed by atoms with Crippen LogP contribution in [0, 0.1) is 0 Å². The highest BCUT2D eigenvalue weighted by Crippen LogP contribution is 2.16. The fraction of sp³-hybridized carbons (Fsp3) is 0.750. The topological polar surface area (TPSA) is 35.8 Å². The largest absolute Gasteiger partial charge is 0.379 e. The molecule has 3 heteroatoms. The second-order valence-electron chi connectivity index (χ2n) is 4.07. The summed E-state index contributed by atoms with van der Waals surface area (Å²) < 4.78 is 0. The van der Waals surface area contributed by atoms with Crippen molar-refractivity contribution in [2.75, 3.05) is 6.54 Å². The molecule has 2 unspecified atom stereocenters. The second-order valence-corrected chi connectivity index (χ2v) is 4.07. The fourth-order valence-corrected chi connectivity index (χ4v) is 1.90. The van der Waals surface area contributed by atoms with Crippen LogP contribution < -0.4 is 0 Å². The van der Waals surface area contributed by atoms with Gasteiger partial charge in [0.2, 0.25) is 0 Å². The molecule has 1 aliphatic rings. The molecule has 0 saturated heterocycles. The van der Waals surface area contributed by atoms with Crippen molar-refractivity contribution in [1.29, 1.82) is 0 Å². The molecule has 3 nitrogen and oxygen atoms in total. The molecule has 0 radical (unpaired) electrons. The molecule has 1 N–H and O–H groups in total. The van der Waals surface area contributed by atoms with Gasteiger partial charge < -0.3 is 5.11 Å². The Morgan fingerprint density at radius 3 is 3.07 bits per heavy atom. The molecule has 1 heterocycles. The highest BCUT2D eigenvalue weighted by Gasteiger charge is 2.23. The van der Waals surface area contributed by atoms with Crippen LogP contribution in [0.1, 0.15) is 39.0 Å². The van der Waals surface area contributed by atoms with Gasteiger partial charge in [-0.15, -0.1) is 6.58 Å². The van der Waals surface area contributed by atoms with E-state index < -0.39 is 0 Å². The van der Waals surface area contributed by atoms with Crippen molar-refractivity contribution in [1.82, 2.24) is 4.90 Å². The molecular formula is C12H22N2O. The van der Waals surface area contributed by atoms with E-state index in [1.165, 1.54) is 19.3 Å². The number of rotatable bonds is 7. The Morgan fingerprint density at radius 1 is 1.60 bits per heavy atom. The fourth-order valence-electron chi connectivity index (χ4n) is 1.90. The highest BCUT2D eigenvalue weighted by atomic mass is 16.3. The summed E-state index contributed by atoms with van der Waals surface area (Å²) in [6.45, 7) is 6.30. The predicted molar refractivity (Wildman–Crippen MR) is 63.9 cm³/mol. The van der Waals surface area contributed by atoms with Crippen LogP contribution in [-0.4, -0.2) is 35.2 Å². The van der Waals surface area contributed by atoms with E-state index >= 15 is 0 Å². The van der Waals surface area contributed by atoms with E-state index in [4.69, 9.17) is 0 Å². The summed E-state index contributed by atoms with van der Waals surface area (Å²) in [7, 11) is 0. The summed E-state index contributed by atoms with van der Waals surface area (Å²) in [6, 6.07) is 0. The van der Waals surface area contributed by atoms with Crippen molar-refractivity contribution in [3.8, 4) is 0 Å². The van der Waals surface area contributed by atoms with Crippen molar-refractivity contribution < 1.29 is 5.11 Å². The minimum Gasteiger partial charge on any atom is -0.379 e. The third kappa shape index (κ3) is 4.14. The number of hydrogen-bond donors (Lipinski definition) is 1. The van der Waals surface area contributed by atoms with E-state index in [1.807, 2.05) is 17.2 Å². The van der Waals surface area contributed by atoms with Gasteiger partial charge in [-0.3, -0.25) is 9.89 Å². The lowest BCUT2D eigenvalue weighted by Gasteiger charge is -2.25. The number of nitrogens with zero attached hydrogens (tertiary/aromatic N) is 2. The van der Waals surface area contributed by atoms with Crippen LogP contribution >= 0.6 is 0 Å². The average Bonchev–Trinajstić information content (AvgIpc) is 2.66. The van der Waals surface area contributed by atoms with Crippen molar-refractivity contribution in [3.63, 3.8) is 0 Å². The SMILES string of the molecule is C=CCCCCCC1N=CCN1C(C)O. The Labute approximate surface area is 92.5 Å². The Bertz CT molecular complexity index is 214. The first-order valence-corrected chi connectivity index (χ1v) is 5.82. The Kier molecular flexibility index (Phi) is 5.58. The van der Waals surface area contributed by atoms with E-state index in [9.17, 15) is 5.11 Å². The van der Waals surface area contributed by atoms with E-state index in [2.05, 4.69) is 11.6 Å². The van der Waals surface area contributed by atoms with Crippen molar-refractivity contribution >= 4 is 6.21 Å². The number of aliphatic imine (C=N–C) groups is 1. The molecule has 0 bridgehead atoms. The lowest BCUT2D eigenvalue weighted by atomic mass is 10.1. The molecule has 1 rings (SSSR count). The number of unbranched alkanes of at least 4 members (excludes halogenated alkanes) is 3. The second kappa shape index (κ2) is 6.75. The first-order valence-electron chi connectivity index (χ1n) is 5.82. The van der Waals surface area contributed by atoms with Gasteiger partial charge in [0.05, 0.1) is 0 Å². The van der Waals surface area contributed by atoms with Gasteiger partial charge in [-0.1, -0.05) is 12.5 Å². The Morgan fingerprint density at radius 2 is 2.40 bits per heavy atom. The van der Waals surface area contributed by atoms with Gasteiger partial charge >= 0.3 is 0 Å². The minimum atomic E-state index is -0.384. The molecule has 0 spiro atoms. The first kappa shape index (κ1) is 12.4. The molecule has 2 atom stereocenters. The van der Waals surface area contributed by atoms with E-state index in [0.29, 0.717) is 0 Å². The summed E-state index contributed by atoms with van der Waals surface area (Å²) in [5.41, 5.74) is 0. The van der Waals surface area contributed by atoms with Gasteiger partial charge in [-0.05, 0) is 32.6 Å². The summed E-state index contributed by atoms with van der Waals surface area (Å²) in [5.74, 6) is 0. The third-order valence-electron chi connectivity index (χ3n) is 2.80. The van der Waals surface area contributed by atoms with Gasteiger partial charge in [0.1, 0.15) is 12.4 Å². The van der Waals surface area contributed by atoms with Crippen molar-refractivity contribution in [2.24, 2.45) is 4.99 Å². The molecule has 86 valence electrons. The molecule has 0 saturated carbocycles. The molecule has 0 fully saturated rings. The van der Waals surface area contributed by atoms with Gasteiger partial charge in [-0.25, -0.2) is 0 Å². The zero-order valence-corrected chi connectivity index (χ0v) is 9.60. The summed E-state index contributed by atoms with van der Waals surface area (Å²) >= 11 is 0. The number of aliphatic hydroxyl groups excluding tert-OH is 1. The zero-order chi connectivity index (χ0) is 11.1. The molecule has 15 heavy (non-hydrogen) atoms. The zero-order valence-electron chi connectivity index (χ0n) is 9.60. The molecule has 0 aliphatic carbocycles. The summed E-state index contributed by atoms with van der Waals surface area (Å²) in [6.07, 6.45) is 9.47. The normalized spacial score (nSPS) is 23.2. The first-order chi connectivity index (χ1) is 7.25. The van der Waals surface area contributed by atoms with Gasteiger partial charge in [0.15, 0.2) is 0 Å². The highest BCUT2D eigenvalue weighted by molar-refractivity contribution is 5.62. The maximum atomic E-state index is 9.50. The minimum absolute atomic E-state index is 0.203. The molecule has 0 aromatic rings. The number of hydrogen-bond acceptors (Lipinski definition) is 3. The average molecular weight is 210 g/mol. The Hall–Kier alpha value is -0.670. The van der Waals surface area contributed by atoms with Crippen LogP contribution in [0.5, 0.6) is 0 Å². The lowest BCUT2D eigenvalue weighted by molar-refractivity contribution is 0.00711. The molecular weight excluding hydrogens is 188 g/mol. The smallest absolute Gasteiger partial charge is 0.106 e. The number of aliphatic hydroxyl groups is 1. The summed E-state index contributed by atoms with van der Waals surface area (Å²) in [4.78, 5) is 6.40. The van der Waals surface area contributed by atoms with Gasteiger partial charge in [-0.2, -0.15) is 0 Å². The van der Waals surface area contributed by atoms with Crippen LogP contribution in [0.4, 0.5) is 0 Å². The van der Waals surface area contributed by atoms with Crippen molar-refractivity contribution in [3.05, 3.63) is 12.7 Å². The monoisotopic (exact) mass is 210 g/mol. The quantitative estimate of drug-likeness (QED) is 0.516. The maximum absolute atomic E-state index is 9.50. The lowest BCUT2D eigenvalue weighted by Crippen LogP contribution is -2.37. The standard InChI is InChI=1S/C12H22N2O/c1-3-4-5-6-7-8-12-13-9-10-14(12)11(2)15/h3,9,11-12,15H,1,4-8,10H2,2H3. The summed E-state index contributed by atoms with van der Waals surface area (Å²) in [5, 5.41) is 9.50. The number of allylic oxidation sites excluding steroid dienone is 1. The van der Waals surface area contributed by atoms with E-state index in [1.54, 1.807) is 6.92 Å². The van der Waals surface area contributed by atoms with Crippen LogP contribution in [-0.2, 0) is 0 Å². The Balaban J connectivity index is 2.14.